The molecule has 1 aromatic rings. The first kappa shape index (κ1) is 10.6. The monoisotopic (exact) mass is 224 g/mol. The first-order chi connectivity index (χ1) is 7.16. The molecule has 0 aliphatic carbocycles. The Hall–Kier alpha value is -0.870. The maximum absolute atomic E-state index is 12.0. The zero-order valence-corrected chi connectivity index (χ0v) is 9.72. The van der Waals surface area contributed by atoms with E-state index in [4.69, 9.17) is 5.73 Å². The Kier molecular flexibility index (Phi) is 3.07. The molecule has 0 radical (unpaired) electrons. The lowest BCUT2D eigenvalue weighted by molar-refractivity contribution is 0.0714. The summed E-state index contributed by atoms with van der Waals surface area (Å²) >= 11 is 1.56. The molecular formula is C11H16N2OS. The van der Waals surface area contributed by atoms with Crippen molar-refractivity contribution < 1.29 is 4.79 Å². The number of carbonyl (C=O) groups excluding carboxylic acids is 1. The Morgan fingerprint density at radius 1 is 1.60 bits per heavy atom. The van der Waals surface area contributed by atoms with Crippen LogP contribution in [0.2, 0.25) is 0 Å². The molecule has 0 saturated carbocycles. The zero-order valence-electron chi connectivity index (χ0n) is 8.90. The lowest BCUT2D eigenvalue weighted by Gasteiger charge is -2.30. The molecule has 1 aliphatic heterocycles. The smallest absolute Gasteiger partial charge is 0.263 e. The first-order valence-corrected chi connectivity index (χ1v) is 6.10. The van der Waals surface area contributed by atoms with Crippen LogP contribution in [0.5, 0.6) is 0 Å². The molecule has 82 valence electrons. The molecule has 2 rings (SSSR count). The van der Waals surface area contributed by atoms with Crippen LogP contribution < -0.4 is 5.73 Å². The van der Waals surface area contributed by atoms with Gasteiger partial charge in [-0.05, 0) is 31.9 Å². The minimum atomic E-state index is 0.142. The molecule has 1 aliphatic rings. The molecule has 1 fully saturated rings. The van der Waals surface area contributed by atoms with Crippen molar-refractivity contribution in [2.45, 2.75) is 25.8 Å². The van der Waals surface area contributed by atoms with E-state index in [1.807, 2.05) is 24.0 Å². The van der Waals surface area contributed by atoms with Crippen molar-refractivity contribution in [3.05, 3.63) is 21.9 Å². The van der Waals surface area contributed by atoms with Gasteiger partial charge in [0.25, 0.3) is 5.91 Å². The first-order valence-electron chi connectivity index (χ1n) is 5.28. The Bertz CT molecular complexity index is 361. The molecule has 1 saturated heterocycles. The summed E-state index contributed by atoms with van der Waals surface area (Å²) in [6.07, 6.45) is 2.06. The number of rotatable bonds is 1. The maximum Gasteiger partial charge on any atom is 0.263 e. The van der Waals surface area contributed by atoms with Crippen LogP contribution in [-0.2, 0) is 0 Å². The molecule has 1 atom stereocenters. The molecule has 0 unspecified atom stereocenters. The SMILES string of the molecule is Cc1ccc(C(=O)N2CCC[C@H](N)C2)s1. The van der Waals surface area contributed by atoms with E-state index in [1.165, 1.54) is 4.88 Å². The predicted molar refractivity (Wildman–Crippen MR) is 62.2 cm³/mol. The van der Waals surface area contributed by atoms with Gasteiger partial charge in [0.1, 0.15) is 0 Å². The number of piperidine rings is 1. The van der Waals surface area contributed by atoms with Crippen LogP contribution in [0.1, 0.15) is 27.4 Å². The summed E-state index contributed by atoms with van der Waals surface area (Å²) in [4.78, 5) is 15.9. The lowest BCUT2D eigenvalue weighted by atomic mass is 10.1. The third kappa shape index (κ3) is 2.38. The second kappa shape index (κ2) is 4.33. The molecule has 0 spiro atoms. The highest BCUT2D eigenvalue weighted by molar-refractivity contribution is 7.13. The largest absolute Gasteiger partial charge is 0.336 e. The minimum absolute atomic E-state index is 0.142. The van der Waals surface area contributed by atoms with Gasteiger partial charge in [-0.1, -0.05) is 0 Å². The molecule has 0 bridgehead atoms. The minimum Gasteiger partial charge on any atom is -0.336 e. The number of thiophene rings is 1. The van der Waals surface area contributed by atoms with E-state index in [0.29, 0.717) is 6.54 Å². The van der Waals surface area contributed by atoms with Gasteiger partial charge in [0.2, 0.25) is 0 Å². The zero-order chi connectivity index (χ0) is 10.8. The fourth-order valence-electron chi connectivity index (χ4n) is 1.90. The van der Waals surface area contributed by atoms with Gasteiger partial charge >= 0.3 is 0 Å². The number of nitrogens with zero attached hydrogens (tertiary/aromatic N) is 1. The summed E-state index contributed by atoms with van der Waals surface area (Å²) in [5.74, 6) is 0.142. The summed E-state index contributed by atoms with van der Waals surface area (Å²) < 4.78 is 0. The van der Waals surface area contributed by atoms with Crippen LogP contribution in [0.3, 0.4) is 0 Å². The Balaban J connectivity index is 2.07. The molecular weight excluding hydrogens is 208 g/mol. The summed E-state index contributed by atoms with van der Waals surface area (Å²) in [6, 6.07) is 4.05. The van der Waals surface area contributed by atoms with Gasteiger partial charge in [0, 0.05) is 24.0 Å². The second-order valence-corrected chi connectivity index (χ2v) is 5.35. The van der Waals surface area contributed by atoms with Crippen LogP contribution in [-0.4, -0.2) is 29.9 Å². The number of hydrogen-bond donors (Lipinski definition) is 1. The van der Waals surface area contributed by atoms with Crippen LogP contribution >= 0.6 is 11.3 Å². The van der Waals surface area contributed by atoms with Crippen molar-refractivity contribution in [2.75, 3.05) is 13.1 Å². The van der Waals surface area contributed by atoms with Crippen LogP contribution in [0.25, 0.3) is 0 Å². The van der Waals surface area contributed by atoms with E-state index < -0.39 is 0 Å². The number of likely N-dealkylation sites (tertiary alicyclic amines) is 1. The molecule has 2 heterocycles. The normalized spacial score (nSPS) is 21.7. The highest BCUT2D eigenvalue weighted by Crippen LogP contribution is 2.19. The predicted octanol–water partition coefficient (Wildman–Crippen LogP) is 1.62. The fourth-order valence-corrected chi connectivity index (χ4v) is 2.74. The van der Waals surface area contributed by atoms with Crippen LogP contribution in [0.15, 0.2) is 12.1 Å². The fraction of sp³-hybridized carbons (Fsp3) is 0.545. The number of aryl methyl sites for hydroxylation is 1. The number of amides is 1. The Morgan fingerprint density at radius 2 is 2.40 bits per heavy atom. The highest BCUT2D eigenvalue weighted by atomic mass is 32.1. The third-order valence-corrected chi connectivity index (χ3v) is 3.68. The third-order valence-electron chi connectivity index (χ3n) is 2.70. The molecule has 0 aromatic carbocycles. The molecule has 2 N–H and O–H groups in total. The van der Waals surface area contributed by atoms with E-state index in [1.54, 1.807) is 11.3 Å². The molecule has 3 nitrogen and oxygen atoms in total. The number of hydrogen-bond acceptors (Lipinski definition) is 3. The average molecular weight is 224 g/mol. The van der Waals surface area contributed by atoms with Gasteiger partial charge in [0.15, 0.2) is 0 Å². The van der Waals surface area contributed by atoms with Gasteiger partial charge in [-0.2, -0.15) is 0 Å². The van der Waals surface area contributed by atoms with Gasteiger partial charge in [-0.3, -0.25) is 4.79 Å². The Morgan fingerprint density at radius 3 is 3.00 bits per heavy atom. The molecule has 1 amide bonds. The lowest BCUT2D eigenvalue weighted by Crippen LogP contribution is -2.45. The van der Waals surface area contributed by atoms with E-state index in [0.717, 1.165) is 24.3 Å². The van der Waals surface area contributed by atoms with E-state index >= 15 is 0 Å². The molecule has 4 heteroatoms. The maximum atomic E-state index is 12.0. The standard InChI is InChI=1S/C11H16N2OS/c1-8-4-5-10(15-8)11(14)13-6-2-3-9(12)7-13/h4-5,9H,2-3,6-7,12H2,1H3/t9-/m0/s1. The van der Waals surface area contributed by atoms with Crippen molar-refractivity contribution in [3.63, 3.8) is 0 Å². The summed E-state index contributed by atoms with van der Waals surface area (Å²) in [5, 5.41) is 0. The average Bonchev–Trinajstić information content (AvgIpc) is 2.64. The van der Waals surface area contributed by atoms with E-state index in [2.05, 4.69) is 0 Å². The highest BCUT2D eigenvalue weighted by Gasteiger charge is 2.22. The van der Waals surface area contributed by atoms with Crippen molar-refractivity contribution in [2.24, 2.45) is 5.73 Å². The number of carbonyl (C=O) groups is 1. The van der Waals surface area contributed by atoms with Crippen molar-refractivity contribution in [1.29, 1.82) is 0 Å². The molecule has 1 aromatic heterocycles. The van der Waals surface area contributed by atoms with E-state index in [-0.39, 0.29) is 11.9 Å². The van der Waals surface area contributed by atoms with Crippen molar-refractivity contribution in [3.8, 4) is 0 Å². The summed E-state index contributed by atoms with van der Waals surface area (Å²) in [5.41, 5.74) is 5.86. The van der Waals surface area contributed by atoms with Gasteiger partial charge < -0.3 is 10.6 Å². The Labute approximate surface area is 93.9 Å². The van der Waals surface area contributed by atoms with Gasteiger partial charge in [0.05, 0.1) is 4.88 Å². The van der Waals surface area contributed by atoms with Gasteiger partial charge in [-0.25, -0.2) is 0 Å². The second-order valence-electron chi connectivity index (χ2n) is 4.06. The van der Waals surface area contributed by atoms with Crippen molar-refractivity contribution >= 4 is 17.2 Å². The topological polar surface area (TPSA) is 46.3 Å². The van der Waals surface area contributed by atoms with Crippen molar-refractivity contribution in [1.82, 2.24) is 4.90 Å². The summed E-state index contributed by atoms with van der Waals surface area (Å²) in [6.45, 7) is 3.57. The molecule has 15 heavy (non-hydrogen) atoms. The number of nitrogens with two attached hydrogens (primary N) is 1. The quantitative estimate of drug-likeness (QED) is 0.788. The van der Waals surface area contributed by atoms with Gasteiger partial charge in [-0.15, -0.1) is 11.3 Å². The summed E-state index contributed by atoms with van der Waals surface area (Å²) in [7, 11) is 0. The van der Waals surface area contributed by atoms with E-state index in [9.17, 15) is 4.79 Å². The van der Waals surface area contributed by atoms with Crippen LogP contribution in [0, 0.1) is 6.92 Å². The van der Waals surface area contributed by atoms with Crippen LogP contribution in [0.4, 0.5) is 0 Å².